The van der Waals surface area contributed by atoms with Crippen LogP contribution in [0.3, 0.4) is 0 Å². The van der Waals surface area contributed by atoms with Crippen molar-refractivity contribution >= 4 is 21.6 Å². The number of hydrogen-bond donors (Lipinski definition) is 1. The van der Waals surface area contributed by atoms with Crippen molar-refractivity contribution in [3.8, 4) is 0 Å². The van der Waals surface area contributed by atoms with Crippen molar-refractivity contribution in [2.45, 2.75) is 71.2 Å². The zero-order valence-corrected chi connectivity index (χ0v) is 16.3. The summed E-state index contributed by atoms with van der Waals surface area (Å²) >= 11 is 6.07. The van der Waals surface area contributed by atoms with Gasteiger partial charge < -0.3 is 0 Å². The summed E-state index contributed by atoms with van der Waals surface area (Å²) in [6.45, 7) is 10.4. The maximum atomic E-state index is 12.7. The van der Waals surface area contributed by atoms with Crippen molar-refractivity contribution in [2.75, 3.05) is 0 Å². The van der Waals surface area contributed by atoms with Gasteiger partial charge in [0, 0.05) is 11.1 Å². The van der Waals surface area contributed by atoms with Gasteiger partial charge in [-0.3, -0.25) is 0 Å². The van der Waals surface area contributed by atoms with Crippen molar-refractivity contribution in [1.82, 2.24) is 4.72 Å². The van der Waals surface area contributed by atoms with Crippen molar-refractivity contribution in [1.29, 1.82) is 0 Å². The third kappa shape index (κ3) is 4.49. The Kier molecular flexibility index (Phi) is 5.49. The van der Waals surface area contributed by atoms with Crippen LogP contribution in [0.2, 0.25) is 5.02 Å². The second kappa shape index (κ2) is 6.73. The van der Waals surface area contributed by atoms with Crippen LogP contribution in [0.15, 0.2) is 17.0 Å². The molecule has 1 aromatic carbocycles. The first-order valence-electron chi connectivity index (χ1n) is 8.30. The molecule has 2 rings (SSSR count). The van der Waals surface area contributed by atoms with Gasteiger partial charge in [-0.05, 0) is 74.1 Å². The second-order valence-corrected chi connectivity index (χ2v) is 9.99. The van der Waals surface area contributed by atoms with E-state index in [4.69, 9.17) is 11.6 Å². The first-order chi connectivity index (χ1) is 10.5. The summed E-state index contributed by atoms with van der Waals surface area (Å²) < 4.78 is 28.3. The molecule has 0 atom stereocenters. The first kappa shape index (κ1) is 18.8. The van der Waals surface area contributed by atoms with E-state index in [2.05, 4.69) is 25.5 Å². The third-order valence-corrected chi connectivity index (χ3v) is 7.09. The van der Waals surface area contributed by atoms with E-state index in [9.17, 15) is 8.42 Å². The molecule has 1 fully saturated rings. The van der Waals surface area contributed by atoms with E-state index in [0.717, 1.165) is 31.2 Å². The third-order valence-electron chi connectivity index (χ3n) is 5.02. The molecule has 0 unspecified atom stereocenters. The molecule has 1 aliphatic carbocycles. The van der Waals surface area contributed by atoms with E-state index in [0.29, 0.717) is 26.8 Å². The lowest BCUT2D eigenvalue weighted by atomic mass is 9.71. The fourth-order valence-electron chi connectivity index (χ4n) is 3.40. The van der Waals surface area contributed by atoms with E-state index in [1.54, 1.807) is 19.1 Å². The molecule has 0 saturated heterocycles. The average Bonchev–Trinajstić information content (AvgIpc) is 2.41. The van der Waals surface area contributed by atoms with Crippen LogP contribution in [0, 0.1) is 25.2 Å². The van der Waals surface area contributed by atoms with E-state index >= 15 is 0 Å². The fraction of sp³-hybridized carbons (Fsp3) is 0.667. The lowest BCUT2D eigenvalue weighted by Crippen LogP contribution is -2.39. The monoisotopic (exact) mass is 357 g/mol. The molecule has 1 aliphatic rings. The normalized spacial score (nSPS) is 23.0. The van der Waals surface area contributed by atoms with Crippen molar-refractivity contribution in [3.05, 3.63) is 28.3 Å². The Hall–Kier alpha value is -0.580. The highest BCUT2D eigenvalue weighted by Crippen LogP contribution is 2.38. The van der Waals surface area contributed by atoms with Gasteiger partial charge in [-0.15, -0.1) is 0 Å². The predicted molar refractivity (Wildman–Crippen MR) is 96.4 cm³/mol. The standard InChI is InChI=1S/C18H28ClNO2S/c1-12-11-17(13(2)10-16(12)19)23(21,22)20-15-8-6-14(7-9-15)18(3,4)5/h10-11,14-15,20H,6-9H2,1-5H3. The minimum absolute atomic E-state index is 0.0361. The molecule has 3 nitrogen and oxygen atoms in total. The van der Waals surface area contributed by atoms with Crippen LogP contribution in [0.25, 0.3) is 0 Å². The van der Waals surface area contributed by atoms with Gasteiger partial charge in [0.25, 0.3) is 0 Å². The number of nitrogens with one attached hydrogen (secondary N) is 1. The average molecular weight is 358 g/mol. The Morgan fingerprint density at radius 3 is 2.13 bits per heavy atom. The van der Waals surface area contributed by atoms with Gasteiger partial charge in [-0.1, -0.05) is 32.4 Å². The summed E-state index contributed by atoms with van der Waals surface area (Å²) in [6, 6.07) is 3.43. The Morgan fingerprint density at radius 1 is 1.04 bits per heavy atom. The summed E-state index contributed by atoms with van der Waals surface area (Å²) in [5, 5.41) is 0.604. The highest BCUT2D eigenvalue weighted by atomic mass is 35.5. The molecule has 1 saturated carbocycles. The molecule has 0 spiro atoms. The summed E-state index contributed by atoms with van der Waals surface area (Å²) in [7, 11) is -3.49. The second-order valence-electron chi connectivity index (χ2n) is 7.90. The van der Waals surface area contributed by atoms with Crippen molar-refractivity contribution in [2.24, 2.45) is 11.3 Å². The smallest absolute Gasteiger partial charge is 0.208 e. The molecule has 1 N–H and O–H groups in total. The number of halogens is 1. The number of hydrogen-bond acceptors (Lipinski definition) is 2. The van der Waals surface area contributed by atoms with Crippen LogP contribution in [0.1, 0.15) is 57.6 Å². The minimum Gasteiger partial charge on any atom is -0.208 e. The zero-order chi connectivity index (χ0) is 17.4. The summed E-state index contributed by atoms with van der Waals surface area (Å²) in [5.41, 5.74) is 1.78. The molecule has 0 aliphatic heterocycles. The van der Waals surface area contributed by atoms with Crippen LogP contribution < -0.4 is 4.72 Å². The largest absolute Gasteiger partial charge is 0.241 e. The van der Waals surface area contributed by atoms with E-state index in [-0.39, 0.29) is 6.04 Å². The lowest BCUT2D eigenvalue weighted by Gasteiger charge is -2.37. The quantitative estimate of drug-likeness (QED) is 0.841. The Morgan fingerprint density at radius 2 is 1.61 bits per heavy atom. The molecule has 5 heteroatoms. The lowest BCUT2D eigenvalue weighted by molar-refractivity contribution is 0.166. The molecule has 0 aromatic heterocycles. The number of aryl methyl sites for hydroxylation is 2. The highest BCUT2D eigenvalue weighted by Gasteiger charge is 2.31. The van der Waals surface area contributed by atoms with Crippen LogP contribution in [-0.4, -0.2) is 14.5 Å². The van der Waals surface area contributed by atoms with Gasteiger partial charge in [-0.2, -0.15) is 0 Å². The predicted octanol–water partition coefficient (Wildman–Crippen LogP) is 4.84. The minimum atomic E-state index is -3.49. The molecular formula is C18H28ClNO2S. The Labute approximate surface area is 145 Å². The van der Waals surface area contributed by atoms with Crippen molar-refractivity contribution in [3.63, 3.8) is 0 Å². The molecule has 23 heavy (non-hydrogen) atoms. The van der Waals surface area contributed by atoms with Crippen LogP contribution >= 0.6 is 11.6 Å². The molecular weight excluding hydrogens is 330 g/mol. The van der Waals surface area contributed by atoms with Gasteiger partial charge in [0.1, 0.15) is 0 Å². The molecule has 0 heterocycles. The van der Waals surface area contributed by atoms with Crippen LogP contribution in [-0.2, 0) is 10.0 Å². The maximum absolute atomic E-state index is 12.7. The Balaban J connectivity index is 2.10. The van der Waals surface area contributed by atoms with Gasteiger partial charge in [0.2, 0.25) is 10.0 Å². The highest BCUT2D eigenvalue weighted by molar-refractivity contribution is 7.89. The van der Waals surface area contributed by atoms with Crippen LogP contribution in [0.5, 0.6) is 0 Å². The first-order valence-corrected chi connectivity index (χ1v) is 10.2. The van der Waals surface area contributed by atoms with Gasteiger partial charge in [0.05, 0.1) is 4.90 Å². The number of rotatable bonds is 3. The number of benzene rings is 1. The van der Waals surface area contributed by atoms with E-state index in [1.807, 2.05) is 6.92 Å². The van der Waals surface area contributed by atoms with Crippen molar-refractivity contribution < 1.29 is 8.42 Å². The number of sulfonamides is 1. The topological polar surface area (TPSA) is 46.2 Å². The maximum Gasteiger partial charge on any atom is 0.241 e. The van der Waals surface area contributed by atoms with Gasteiger partial charge in [-0.25, -0.2) is 13.1 Å². The molecule has 0 radical (unpaired) electrons. The SMILES string of the molecule is Cc1cc(S(=O)(=O)NC2CCC(C(C)(C)C)CC2)c(C)cc1Cl. The fourth-order valence-corrected chi connectivity index (χ4v) is 5.24. The molecule has 1 aromatic rings. The van der Waals surface area contributed by atoms with E-state index in [1.165, 1.54) is 0 Å². The summed E-state index contributed by atoms with van der Waals surface area (Å²) in [5.74, 6) is 0.669. The zero-order valence-electron chi connectivity index (χ0n) is 14.7. The van der Waals surface area contributed by atoms with Crippen LogP contribution in [0.4, 0.5) is 0 Å². The molecule has 0 bridgehead atoms. The van der Waals surface area contributed by atoms with E-state index < -0.39 is 10.0 Å². The Bertz CT molecular complexity index is 669. The van der Waals surface area contributed by atoms with Gasteiger partial charge in [0.15, 0.2) is 0 Å². The van der Waals surface area contributed by atoms with Gasteiger partial charge >= 0.3 is 0 Å². The molecule has 0 amide bonds. The molecule has 130 valence electrons. The summed E-state index contributed by atoms with van der Waals surface area (Å²) in [4.78, 5) is 0.345. The summed E-state index contributed by atoms with van der Waals surface area (Å²) in [6.07, 6.45) is 3.98.